The smallest absolute Gasteiger partial charge is 0.0726 e. The molecule has 1 nitrogen and oxygen atoms in total. The topological polar surface area (TPSA) is 12.0 Å². The zero-order valence-corrected chi connectivity index (χ0v) is 20.8. The summed E-state index contributed by atoms with van der Waals surface area (Å²) in [5, 5.41) is 6.86. The van der Waals surface area contributed by atoms with Crippen LogP contribution in [0.5, 0.6) is 0 Å². The molecule has 0 aliphatic heterocycles. The third-order valence-corrected chi connectivity index (χ3v) is 8.46. The second-order valence-electron chi connectivity index (χ2n) is 9.92. The summed E-state index contributed by atoms with van der Waals surface area (Å²) < 4.78 is 0. The largest absolute Gasteiger partial charge is 0.354 e. The normalized spacial score (nSPS) is 13.8. The Bertz CT molecular complexity index is 1840. The molecule has 0 unspecified atom stereocenters. The fourth-order valence-electron chi connectivity index (χ4n) is 6.70. The monoisotopic (exact) mass is 491 g/mol. The van der Waals surface area contributed by atoms with Crippen molar-refractivity contribution < 1.29 is 0 Å². The predicted octanol–water partition coefficient (Wildman–Crippen LogP) is 9.58. The van der Waals surface area contributed by atoms with Crippen molar-refractivity contribution in [3.63, 3.8) is 0 Å². The van der Waals surface area contributed by atoms with Gasteiger partial charge in [-0.1, -0.05) is 115 Å². The van der Waals surface area contributed by atoms with Gasteiger partial charge in [-0.05, 0) is 79.5 Å². The number of rotatable bonds is 2. The molecule has 0 amide bonds. The number of benzene rings is 6. The molecule has 1 spiro atoms. The van der Waals surface area contributed by atoms with E-state index in [9.17, 15) is 0 Å². The van der Waals surface area contributed by atoms with Crippen molar-refractivity contribution in [2.45, 2.75) is 5.41 Å². The SMILES string of the molecule is Clc1ccccc1Nc1ccc2c(c1)C1(c3ccccc3-c3ccccc31)c1ccc3ccccc3c1-2. The summed E-state index contributed by atoms with van der Waals surface area (Å²) in [7, 11) is 0. The van der Waals surface area contributed by atoms with E-state index in [4.69, 9.17) is 11.6 Å². The van der Waals surface area contributed by atoms with E-state index in [2.05, 4.69) is 108 Å². The van der Waals surface area contributed by atoms with Gasteiger partial charge in [0, 0.05) is 5.69 Å². The molecule has 2 aliphatic rings. The number of para-hydroxylation sites is 1. The molecule has 2 aliphatic carbocycles. The Hall–Kier alpha value is -4.33. The molecule has 6 aromatic carbocycles. The average Bonchev–Trinajstić information content (AvgIpc) is 3.41. The molecule has 0 atom stereocenters. The lowest BCUT2D eigenvalue weighted by Gasteiger charge is -2.30. The van der Waals surface area contributed by atoms with Crippen LogP contribution in [0.4, 0.5) is 11.4 Å². The Morgan fingerprint density at radius 3 is 1.97 bits per heavy atom. The number of hydrogen-bond acceptors (Lipinski definition) is 1. The Balaban J connectivity index is 1.49. The molecule has 6 aromatic rings. The maximum Gasteiger partial charge on any atom is 0.0726 e. The molecule has 1 N–H and O–H groups in total. The Labute approximate surface area is 221 Å². The highest BCUT2D eigenvalue weighted by Gasteiger charge is 2.51. The van der Waals surface area contributed by atoms with Gasteiger partial charge >= 0.3 is 0 Å². The lowest BCUT2D eigenvalue weighted by Crippen LogP contribution is -2.25. The van der Waals surface area contributed by atoms with Gasteiger partial charge in [0.05, 0.1) is 16.1 Å². The van der Waals surface area contributed by atoms with Gasteiger partial charge in [0.25, 0.3) is 0 Å². The van der Waals surface area contributed by atoms with Crippen molar-refractivity contribution in [2.75, 3.05) is 5.32 Å². The molecule has 0 saturated carbocycles. The van der Waals surface area contributed by atoms with Crippen LogP contribution in [0.15, 0.2) is 127 Å². The van der Waals surface area contributed by atoms with Gasteiger partial charge in [0.1, 0.15) is 0 Å². The molecule has 8 rings (SSSR count). The van der Waals surface area contributed by atoms with Crippen molar-refractivity contribution in [3.8, 4) is 22.3 Å². The highest BCUT2D eigenvalue weighted by Crippen LogP contribution is 2.64. The van der Waals surface area contributed by atoms with Crippen molar-refractivity contribution in [3.05, 3.63) is 155 Å². The van der Waals surface area contributed by atoms with Crippen LogP contribution in [0, 0.1) is 0 Å². The van der Waals surface area contributed by atoms with E-state index in [1.807, 2.05) is 24.3 Å². The van der Waals surface area contributed by atoms with E-state index in [1.165, 1.54) is 55.3 Å². The zero-order valence-electron chi connectivity index (χ0n) is 20.0. The molecule has 0 heterocycles. The molecule has 0 radical (unpaired) electrons. The van der Waals surface area contributed by atoms with E-state index in [-0.39, 0.29) is 5.41 Å². The van der Waals surface area contributed by atoms with Gasteiger partial charge in [-0.3, -0.25) is 0 Å². The van der Waals surface area contributed by atoms with Crippen LogP contribution in [0.1, 0.15) is 22.3 Å². The highest BCUT2D eigenvalue weighted by atomic mass is 35.5. The van der Waals surface area contributed by atoms with Crippen LogP contribution in [0.3, 0.4) is 0 Å². The van der Waals surface area contributed by atoms with Gasteiger partial charge < -0.3 is 5.32 Å². The molecule has 2 heteroatoms. The third-order valence-electron chi connectivity index (χ3n) is 8.13. The molecule has 37 heavy (non-hydrogen) atoms. The van der Waals surface area contributed by atoms with E-state index in [0.717, 1.165) is 11.4 Å². The van der Waals surface area contributed by atoms with Crippen LogP contribution >= 0.6 is 11.6 Å². The van der Waals surface area contributed by atoms with E-state index in [0.29, 0.717) is 5.02 Å². The summed E-state index contributed by atoms with van der Waals surface area (Å²) in [6.45, 7) is 0. The molecule has 0 aromatic heterocycles. The fraction of sp³-hybridized carbons (Fsp3) is 0.0286. The van der Waals surface area contributed by atoms with E-state index in [1.54, 1.807) is 0 Å². The summed E-state index contributed by atoms with van der Waals surface area (Å²) in [6.07, 6.45) is 0. The van der Waals surface area contributed by atoms with Crippen molar-refractivity contribution in [2.24, 2.45) is 0 Å². The fourth-order valence-corrected chi connectivity index (χ4v) is 6.89. The first-order chi connectivity index (χ1) is 18.3. The number of fused-ring (bicyclic) bond motifs is 12. The molecule has 0 fully saturated rings. The minimum Gasteiger partial charge on any atom is -0.354 e. The van der Waals surface area contributed by atoms with Gasteiger partial charge in [0.2, 0.25) is 0 Å². The Kier molecular flexibility index (Phi) is 4.27. The number of halogens is 1. The summed E-state index contributed by atoms with van der Waals surface area (Å²) in [5.74, 6) is 0. The lowest BCUT2D eigenvalue weighted by molar-refractivity contribution is 0.795. The van der Waals surface area contributed by atoms with Gasteiger partial charge in [-0.2, -0.15) is 0 Å². The molecular formula is C35H22ClN. The standard InChI is InChI=1S/C35H22ClN/c36-32-15-7-8-16-33(32)37-23-18-19-27-31(21-23)35(30-20-17-22-9-1-2-10-24(22)34(27)30)28-13-5-3-11-25(28)26-12-4-6-14-29(26)35/h1-21,37H. The second kappa shape index (κ2) is 7.59. The Morgan fingerprint density at radius 2 is 1.19 bits per heavy atom. The van der Waals surface area contributed by atoms with Crippen LogP contribution in [0.25, 0.3) is 33.0 Å². The number of nitrogens with one attached hydrogen (secondary N) is 1. The second-order valence-corrected chi connectivity index (χ2v) is 10.3. The molecule has 174 valence electrons. The zero-order chi connectivity index (χ0) is 24.6. The molecule has 0 bridgehead atoms. The first-order valence-corrected chi connectivity index (χ1v) is 13.0. The average molecular weight is 492 g/mol. The third kappa shape index (κ3) is 2.70. The summed E-state index contributed by atoms with van der Waals surface area (Å²) in [6, 6.07) is 46.0. The van der Waals surface area contributed by atoms with Crippen molar-refractivity contribution >= 4 is 33.7 Å². The molecular weight excluding hydrogens is 470 g/mol. The Morgan fingerprint density at radius 1 is 0.514 bits per heavy atom. The van der Waals surface area contributed by atoms with Crippen molar-refractivity contribution in [1.29, 1.82) is 0 Å². The minimum absolute atomic E-state index is 0.375. The maximum atomic E-state index is 6.52. The van der Waals surface area contributed by atoms with Crippen LogP contribution < -0.4 is 5.32 Å². The highest BCUT2D eigenvalue weighted by molar-refractivity contribution is 6.33. The number of anilines is 2. The van der Waals surface area contributed by atoms with Gasteiger partial charge in [-0.25, -0.2) is 0 Å². The van der Waals surface area contributed by atoms with Crippen molar-refractivity contribution in [1.82, 2.24) is 0 Å². The van der Waals surface area contributed by atoms with E-state index < -0.39 is 0 Å². The number of hydrogen-bond donors (Lipinski definition) is 1. The lowest BCUT2D eigenvalue weighted by atomic mass is 9.70. The van der Waals surface area contributed by atoms with E-state index >= 15 is 0 Å². The van der Waals surface area contributed by atoms with Gasteiger partial charge in [-0.15, -0.1) is 0 Å². The predicted molar refractivity (Wildman–Crippen MR) is 155 cm³/mol. The minimum atomic E-state index is -0.375. The molecule has 0 saturated heterocycles. The first-order valence-electron chi connectivity index (χ1n) is 12.6. The first kappa shape index (κ1) is 20.8. The van der Waals surface area contributed by atoms with Crippen LogP contribution in [0.2, 0.25) is 5.02 Å². The van der Waals surface area contributed by atoms with Crippen LogP contribution in [-0.2, 0) is 5.41 Å². The quantitative estimate of drug-likeness (QED) is 0.254. The summed E-state index contributed by atoms with van der Waals surface area (Å²) >= 11 is 6.52. The van der Waals surface area contributed by atoms with Gasteiger partial charge in [0.15, 0.2) is 0 Å². The van der Waals surface area contributed by atoms with Crippen LogP contribution in [-0.4, -0.2) is 0 Å². The summed E-state index contributed by atoms with van der Waals surface area (Å²) in [4.78, 5) is 0. The maximum absolute atomic E-state index is 6.52. The summed E-state index contributed by atoms with van der Waals surface area (Å²) in [5.41, 5.74) is 12.2.